The smallest absolute Gasteiger partial charge is 0.415 e. The number of nitrogens with zero attached hydrogens (tertiary/aromatic N) is 1. The van der Waals surface area contributed by atoms with Crippen LogP contribution in [0, 0.1) is 16.7 Å². The molecule has 0 amide bonds. The van der Waals surface area contributed by atoms with Crippen molar-refractivity contribution in [2.75, 3.05) is 0 Å². The van der Waals surface area contributed by atoms with Gasteiger partial charge < -0.3 is 14.2 Å². The van der Waals surface area contributed by atoms with E-state index in [-0.39, 0.29) is 6.42 Å². The Bertz CT molecular complexity index is 568. The van der Waals surface area contributed by atoms with Gasteiger partial charge in [0.05, 0.1) is 6.07 Å². The molecule has 0 aliphatic carbocycles. The summed E-state index contributed by atoms with van der Waals surface area (Å²) < 4.78 is 45.1. The summed E-state index contributed by atoms with van der Waals surface area (Å²) in [4.78, 5) is 23.2. The van der Waals surface area contributed by atoms with Gasteiger partial charge in [0.1, 0.15) is 24.3 Å². The van der Waals surface area contributed by atoms with Gasteiger partial charge in [-0.25, -0.2) is 10.1 Å². The Morgan fingerprint density at radius 3 is 2.95 bits per heavy atom. The van der Waals surface area contributed by atoms with Crippen molar-refractivity contribution in [3.05, 3.63) is 0 Å². The zero-order valence-electron chi connectivity index (χ0n) is 10.4. The van der Waals surface area contributed by atoms with E-state index in [0.717, 1.165) is 0 Å². The van der Waals surface area contributed by atoms with Gasteiger partial charge in [-0.2, -0.15) is 14.0 Å². The molecular formula is C10H7F2NO8S. The topological polar surface area (TPSA) is 124 Å². The first-order chi connectivity index (χ1) is 10.4. The highest BCUT2D eigenvalue weighted by atomic mass is 32.2. The standard InChI is InChI=1S/C10H7F2NO8S/c11-10(12,22-21-20-16)8(15)18-4-3-1-9(2-13)6(17-3)5(4)19-7(9)14/h3-6,16H,1H2. The lowest BCUT2D eigenvalue weighted by Crippen LogP contribution is -2.46. The summed E-state index contributed by atoms with van der Waals surface area (Å²) >= 11 is -0.767. The lowest BCUT2D eigenvalue weighted by Gasteiger charge is -2.25. The highest BCUT2D eigenvalue weighted by molar-refractivity contribution is 7.96. The van der Waals surface area contributed by atoms with Crippen molar-refractivity contribution in [3.8, 4) is 6.07 Å². The predicted molar refractivity (Wildman–Crippen MR) is 58.4 cm³/mol. The molecule has 3 saturated heterocycles. The lowest BCUT2D eigenvalue weighted by molar-refractivity contribution is -0.433. The van der Waals surface area contributed by atoms with E-state index in [1.165, 1.54) is 0 Å². The van der Waals surface area contributed by atoms with Crippen molar-refractivity contribution in [2.45, 2.75) is 36.1 Å². The molecular weight excluding hydrogens is 332 g/mol. The Morgan fingerprint density at radius 2 is 2.32 bits per heavy atom. The van der Waals surface area contributed by atoms with Gasteiger partial charge in [0.15, 0.2) is 17.6 Å². The number of alkyl halides is 2. The molecule has 0 radical (unpaired) electrons. The zero-order chi connectivity index (χ0) is 16.1. The molecule has 120 valence electrons. The Balaban J connectivity index is 1.71. The molecule has 0 aromatic rings. The summed E-state index contributed by atoms with van der Waals surface area (Å²) in [6.07, 6.45) is -4.29. The Hall–Kier alpha value is -1.52. The number of fused-ring (bicyclic) bond motifs is 1. The molecule has 22 heavy (non-hydrogen) atoms. The van der Waals surface area contributed by atoms with Crippen molar-refractivity contribution in [1.82, 2.24) is 0 Å². The van der Waals surface area contributed by atoms with Crippen LogP contribution in [0.5, 0.6) is 0 Å². The third kappa shape index (κ3) is 1.97. The number of ether oxygens (including phenoxy) is 3. The molecule has 3 heterocycles. The fourth-order valence-electron chi connectivity index (χ4n) is 2.86. The minimum atomic E-state index is -4.17. The third-order valence-electron chi connectivity index (χ3n) is 3.78. The van der Waals surface area contributed by atoms with Gasteiger partial charge in [-0.05, 0) is 0 Å². The molecule has 5 atom stereocenters. The Morgan fingerprint density at radius 1 is 1.59 bits per heavy atom. The molecule has 0 aromatic carbocycles. The van der Waals surface area contributed by atoms with Crippen molar-refractivity contribution in [1.29, 1.82) is 5.26 Å². The summed E-state index contributed by atoms with van der Waals surface area (Å²) in [5.41, 5.74) is -1.47. The molecule has 3 aliphatic rings. The fourth-order valence-corrected chi connectivity index (χ4v) is 3.09. The first kappa shape index (κ1) is 15.4. The van der Waals surface area contributed by atoms with Crippen LogP contribution in [0.1, 0.15) is 6.42 Å². The summed E-state index contributed by atoms with van der Waals surface area (Å²) in [5, 5.41) is 15.7. The van der Waals surface area contributed by atoms with Crippen LogP contribution in [0.25, 0.3) is 0 Å². The first-order valence-corrected chi connectivity index (χ1v) is 6.62. The fraction of sp³-hybridized carbons (Fsp3) is 0.700. The van der Waals surface area contributed by atoms with Crippen LogP contribution in [-0.2, 0) is 33.2 Å². The Kier molecular flexibility index (Phi) is 3.49. The third-order valence-corrected chi connectivity index (χ3v) is 4.28. The van der Waals surface area contributed by atoms with Crippen LogP contribution < -0.4 is 0 Å². The maximum Gasteiger partial charge on any atom is 0.415 e. The monoisotopic (exact) mass is 339 g/mol. The Labute approximate surface area is 125 Å². The van der Waals surface area contributed by atoms with Gasteiger partial charge in [-0.3, -0.25) is 4.79 Å². The number of halogens is 2. The van der Waals surface area contributed by atoms with E-state index in [2.05, 4.69) is 14.1 Å². The molecule has 3 aliphatic heterocycles. The molecule has 9 nitrogen and oxygen atoms in total. The second kappa shape index (κ2) is 5.00. The van der Waals surface area contributed by atoms with E-state index in [9.17, 15) is 18.4 Å². The number of rotatable bonds is 5. The van der Waals surface area contributed by atoms with Gasteiger partial charge >= 0.3 is 17.2 Å². The van der Waals surface area contributed by atoms with E-state index in [0.29, 0.717) is 0 Å². The first-order valence-electron chi connectivity index (χ1n) is 5.88. The molecule has 0 aromatic heterocycles. The second-order valence-electron chi connectivity index (χ2n) is 4.86. The van der Waals surface area contributed by atoms with Crippen molar-refractivity contribution in [2.24, 2.45) is 5.41 Å². The average molecular weight is 339 g/mol. The van der Waals surface area contributed by atoms with E-state index in [1.54, 1.807) is 0 Å². The van der Waals surface area contributed by atoms with Crippen molar-refractivity contribution >= 4 is 24.0 Å². The van der Waals surface area contributed by atoms with Gasteiger partial charge in [-0.15, -0.1) is 4.33 Å². The van der Waals surface area contributed by atoms with E-state index in [4.69, 9.17) is 20.0 Å². The van der Waals surface area contributed by atoms with E-state index < -0.39 is 59.1 Å². The molecule has 5 unspecified atom stereocenters. The van der Waals surface area contributed by atoms with E-state index in [1.807, 2.05) is 6.07 Å². The van der Waals surface area contributed by atoms with Crippen molar-refractivity contribution in [3.63, 3.8) is 0 Å². The lowest BCUT2D eigenvalue weighted by atomic mass is 9.75. The SMILES string of the molecule is N#CC12CC3OC1C(OC2=O)C3OC(=O)C(F)(F)SOOO. The normalized spacial score (nSPS) is 38.7. The van der Waals surface area contributed by atoms with Crippen LogP contribution in [-0.4, -0.2) is 46.9 Å². The second-order valence-corrected chi connectivity index (χ2v) is 5.68. The number of hydrogen-bond donors (Lipinski definition) is 1. The predicted octanol–water partition coefficient (Wildman–Crippen LogP) is 0.167. The van der Waals surface area contributed by atoms with Crippen LogP contribution in [0.4, 0.5) is 8.78 Å². The van der Waals surface area contributed by atoms with Crippen LogP contribution >= 0.6 is 12.0 Å². The number of carbonyl (C=O) groups excluding carboxylic acids is 2. The maximum atomic E-state index is 13.3. The average Bonchev–Trinajstić information content (AvgIpc) is 3.07. The molecule has 0 spiro atoms. The zero-order valence-corrected chi connectivity index (χ0v) is 11.2. The molecule has 12 heteroatoms. The summed E-state index contributed by atoms with van der Waals surface area (Å²) in [7, 11) is 0. The van der Waals surface area contributed by atoms with Gasteiger partial charge in [0.25, 0.3) is 0 Å². The quantitative estimate of drug-likeness (QED) is 0.321. The number of esters is 2. The highest BCUT2D eigenvalue weighted by Gasteiger charge is 2.74. The molecule has 3 rings (SSSR count). The van der Waals surface area contributed by atoms with Gasteiger partial charge in [0.2, 0.25) is 0 Å². The number of nitriles is 1. The summed E-state index contributed by atoms with van der Waals surface area (Å²) in [5.74, 6) is -2.80. The summed E-state index contributed by atoms with van der Waals surface area (Å²) in [6.45, 7) is 0. The van der Waals surface area contributed by atoms with Crippen LogP contribution in [0.15, 0.2) is 0 Å². The molecule has 0 saturated carbocycles. The van der Waals surface area contributed by atoms with E-state index >= 15 is 0 Å². The molecule has 2 bridgehead atoms. The summed E-state index contributed by atoms with van der Waals surface area (Å²) in [6, 6.07) is 1.83. The van der Waals surface area contributed by atoms with Gasteiger partial charge in [0, 0.05) is 6.42 Å². The highest BCUT2D eigenvalue weighted by Crippen LogP contribution is 2.55. The van der Waals surface area contributed by atoms with Crippen LogP contribution in [0.3, 0.4) is 0 Å². The number of carbonyl (C=O) groups is 2. The molecule has 3 fully saturated rings. The van der Waals surface area contributed by atoms with Gasteiger partial charge in [-0.1, -0.05) is 5.04 Å². The largest absolute Gasteiger partial charge is 0.454 e. The van der Waals surface area contributed by atoms with Crippen LogP contribution in [0.2, 0.25) is 0 Å². The molecule has 1 N–H and O–H groups in total. The minimum Gasteiger partial charge on any atom is -0.454 e. The maximum absolute atomic E-state index is 13.3. The minimum absolute atomic E-state index is 0.101. The number of hydrogen-bond acceptors (Lipinski definition) is 10. The van der Waals surface area contributed by atoms with Crippen molar-refractivity contribution < 1.29 is 47.2 Å².